The summed E-state index contributed by atoms with van der Waals surface area (Å²) < 4.78 is 37.9. The van der Waals surface area contributed by atoms with Gasteiger partial charge in [0, 0.05) is 37.9 Å². The molecule has 2 atom stereocenters. The van der Waals surface area contributed by atoms with Crippen LogP contribution in [0.15, 0.2) is 41.4 Å². The number of anilines is 2. The summed E-state index contributed by atoms with van der Waals surface area (Å²) in [6.45, 7) is 2.59. The van der Waals surface area contributed by atoms with E-state index in [0.29, 0.717) is 30.7 Å². The Morgan fingerprint density at radius 1 is 1.35 bits per heavy atom. The van der Waals surface area contributed by atoms with Gasteiger partial charge in [-0.3, -0.25) is 0 Å². The average Bonchev–Trinajstić information content (AvgIpc) is 3.24. The van der Waals surface area contributed by atoms with E-state index in [2.05, 4.69) is 24.9 Å². The minimum atomic E-state index is -3.55. The molecule has 1 unspecified atom stereocenters. The Morgan fingerprint density at radius 3 is 2.88 bits per heavy atom. The first-order chi connectivity index (χ1) is 16.3. The van der Waals surface area contributed by atoms with Crippen LogP contribution in [0.25, 0.3) is 0 Å². The summed E-state index contributed by atoms with van der Waals surface area (Å²) in [6.07, 6.45) is 3.55. The van der Waals surface area contributed by atoms with Crippen molar-refractivity contribution in [2.45, 2.75) is 41.9 Å². The van der Waals surface area contributed by atoms with Crippen molar-refractivity contribution in [3.63, 3.8) is 0 Å². The number of piperidine rings is 1. The van der Waals surface area contributed by atoms with Gasteiger partial charge in [-0.1, -0.05) is 6.07 Å². The number of ether oxygens (including phenoxy) is 2. The minimum absolute atomic E-state index is 0.0456. The van der Waals surface area contributed by atoms with E-state index in [0.717, 1.165) is 32.4 Å². The van der Waals surface area contributed by atoms with Crippen molar-refractivity contribution in [1.82, 2.24) is 20.0 Å². The maximum atomic E-state index is 11.9. The second-order valence-corrected chi connectivity index (χ2v) is 10.6. The lowest BCUT2D eigenvalue weighted by molar-refractivity contribution is -0.0152. The monoisotopic (exact) mass is 492 g/mol. The van der Waals surface area contributed by atoms with Gasteiger partial charge in [-0.2, -0.15) is 4.98 Å². The van der Waals surface area contributed by atoms with Gasteiger partial charge in [0.05, 0.1) is 17.1 Å². The van der Waals surface area contributed by atoms with E-state index in [4.69, 9.17) is 15.2 Å². The molecule has 0 radical (unpaired) electrons. The summed E-state index contributed by atoms with van der Waals surface area (Å²) in [5, 5.41) is 13.7. The number of rotatable bonds is 9. The van der Waals surface area contributed by atoms with Crippen LogP contribution in [-0.4, -0.2) is 81.1 Å². The highest BCUT2D eigenvalue weighted by Gasteiger charge is 2.43. The number of hydrogen-bond acceptors (Lipinski definition) is 10. The Hall–Kier alpha value is -2.51. The Morgan fingerprint density at radius 2 is 2.15 bits per heavy atom. The van der Waals surface area contributed by atoms with E-state index in [-0.39, 0.29) is 23.1 Å². The molecule has 2 saturated heterocycles. The molecule has 4 rings (SSSR count). The molecule has 3 heterocycles. The van der Waals surface area contributed by atoms with Gasteiger partial charge in [-0.15, -0.1) is 0 Å². The van der Waals surface area contributed by atoms with Crippen molar-refractivity contribution in [2.75, 3.05) is 50.5 Å². The van der Waals surface area contributed by atoms with Gasteiger partial charge >= 0.3 is 0 Å². The maximum Gasteiger partial charge on any atom is 0.240 e. The van der Waals surface area contributed by atoms with Gasteiger partial charge in [-0.25, -0.2) is 18.1 Å². The number of aromatic nitrogens is 2. The van der Waals surface area contributed by atoms with Crippen molar-refractivity contribution in [1.29, 1.82) is 0 Å². The summed E-state index contributed by atoms with van der Waals surface area (Å²) in [6, 6.07) is 8.00. The van der Waals surface area contributed by atoms with Gasteiger partial charge < -0.3 is 30.5 Å². The summed E-state index contributed by atoms with van der Waals surface area (Å²) in [5.41, 5.74) is 5.60. The summed E-state index contributed by atoms with van der Waals surface area (Å²) in [7, 11) is -2.20. The van der Waals surface area contributed by atoms with Gasteiger partial charge in [0.1, 0.15) is 24.3 Å². The lowest BCUT2D eigenvalue weighted by Gasteiger charge is -2.38. The van der Waals surface area contributed by atoms with E-state index in [1.807, 2.05) is 0 Å². The predicted molar refractivity (Wildman–Crippen MR) is 127 cm³/mol. The lowest BCUT2D eigenvalue weighted by atomic mass is 9.87. The normalized spacial score (nSPS) is 21.0. The molecule has 1 aromatic heterocycles. The minimum Gasteiger partial charge on any atom is -0.491 e. The maximum absolute atomic E-state index is 11.9. The smallest absolute Gasteiger partial charge is 0.240 e. The number of nitrogens with zero attached hydrogens (tertiary/aromatic N) is 3. The molecule has 2 aliphatic heterocycles. The third-order valence-electron chi connectivity index (χ3n) is 6.30. The second-order valence-electron chi connectivity index (χ2n) is 8.72. The van der Waals surface area contributed by atoms with E-state index >= 15 is 0 Å². The molecule has 2 aromatic rings. The fourth-order valence-corrected chi connectivity index (χ4v) is 5.12. The molecule has 0 bridgehead atoms. The van der Waals surface area contributed by atoms with Crippen molar-refractivity contribution in [2.24, 2.45) is 0 Å². The number of aliphatic hydroxyl groups excluding tert-OH is 1. The molecule has 0 saturated carbocycles. The number of hydrogen-bond donors (Lipinski definition) is 4. The zero-order chi connectivity index (χ0) is 24.2. The molecule has 186 valence electrons. The molecule has 5 N–H and O–H groups in total. The molecule has 34 heavy (non-hydrogen) atoms. The highest BCUT2D eigenvalue weighted by molar-refractivity contribution is 7.89. The highest BCUT2D eigenvalue weighted by Crippen LogP contribution is 2.36. The van der Waals surface area contributed by atoms with Crippen LogP contribution in [0.3, 0.4) is 0 Å². The van der Waals surface area contributed by atoms with Crippen LogP contribution < -0.4 is 25.4 Å². The van der Waals surface area contributed by atoms with Gasteiger partial charge in [0.25, 0.3) is 0 Å². The number of sulfonamides is 1. The molecule has 12 heteroatoms. The van der Waals surface area contributed by atoms with Gasteiger partial charge in [0.15, 0.2) is 0 Å². The lowest BCUT2D eigenvalue weighted by Crippen LogP contribution is -2.45. The van der Waals surface area contributed by atoms with Crippen LogP contribution in [0.5, 0.6) is 5.75 Å². The van der Waals surface area contributed by atoms with E-state index in [1.54, 1.807) is 24.4 Å². The van der Waals surface area contributed by atoms with Crippen LogP contribution in [0, 0.1) is 0 Å². The Labute approximate surface area is 199 Å². The van der Waals surface area contributed by atoms with Crippen molar-refractivity contribution < 1.29 is 23.0 Å². The third-order valence-corrected chi connectivity index (χ3v) is 7.71. The van der Waals surface area contributed by atoms with Crippen molar-refractivity contribution >= 4 is 21.8 Å². The summed E-state index contributed by atoms with van der Waals surface area (Å²) in [4.78, 5) is 10.9. The molecule has 1 spiro atoms. The van der Waals surface area contributed by atoms with Crippen LogP contribution in [0.1, 0.15) is 19.3 Å². The number of aliphatic hydroxyl groups is 1. The van der Waals surface area contributed by atoms with E-state index < -0.39 is 16.1 Å². The predicted octanol–water partition coefficient (Wildman–Crippen LogP) is 0.124. The standard InChI is InChI=1S/C22H32N6O5S/c1-24-34(30,31)19-4-2-3-18(11-19)32-15-17(29)13-26-16-12-22(33-14-16)6-9-28(10-7-22)21-25-8-5-20(23)27-21/h2-5,8,11,16-17,24,26,29H,6-7,9-10,12-15H2,1H3,(H2,23,25,27)/t16-,17?/m1/s1. The molecule has 1 aromatic carbocycles. The summed E-state index contributed by atoms with van der Waals surface area (Å²) in [5.74, 6) is 1.50. The molecular formula is C22H32N6O5S. The quantitative estimate of drug-likeness (QED) is 0.380. The zero-order valence-electron chi connectivity index (χ0n) is 19.2. The molecule has 11 nitrogen and oxygen atoms in total. The SMILES string of the molecule is CNS(=O)(=O)c1cccc(OCC(O)CN[C@H]2COC3(CCN(c4nccc(N)n4)CC3)C2)c1. The number of nitrogen functional groups attached to an aromatic ring is 1. The van der Waals surface area contributed by atoms with Crippen molar-refractivity contribution in [3.05, 3.63) is 36.5 Å². The Balaban J connectivity index is 1.20. The second kappa shape index (κ2) is 10.4. The molecule has 2 fully saturated rings. The topological polar surface area (TPSA) is 152 Å². The summed E-state index contributed by atoms with van der Waals surface area (Å²) >= 11 is 0. The molecule has 0 aliphatic carbocycles. The fraction of sp³-hybridized carbons (Fsp3) is 0.545. The van der Waals surface area contributed by atoms with E-state index in [1.165, 1.54) is 19.2 Å². The van der Waals surface area contributed by atoms with Gasteiger partial charge in [-0.05, 0) is 44.5 Å². The van der Waals surface area contributed by atoms with Crippen LogP contribution in [0.2, 0.25) is 0 Å². The number of nitrogens with one attached hydrogen (secondary N) is 2. The molecule has 2 aliphatic rings. The first kappa shape index (κ1) is 24.6. The Kier molecular flexibility index (Phi) is 7.53. The van der Waals surface area contributed by atoms with Crippen molar-refractivity contribution in [3.8, 4) is 5.75 Å². The van der Waals surface area contributed by atoms with Crippen LogP contribution in [0.4, 0.5) is 11.8 Å². The third kappa shape index (κ3) is 5.94. The molecular weight excluding hydrogens is 460 g/mol. The first-order valence-electron chi connectivity index (χ1n) is 11.3. The molecule has 0 amide bonds. The van der Waals surface area contributed by atoms with Crippen LogP contribution >= 0.6 is 0 Å². The van der Waals surface area contributed by atoms with E-state index in [9.17, 15) is 13.5 Å². The highest BCUT2D eigenvalue weighted by atomic mass is 32.2. The van der Waals surface area contributed by atoms with Crippen LogP contribution in [-0.2, 0) is 14.8 Å². The number of benzene rings is 1. The first-order valence-corrected chi connectivity index (χ1v) is 12.8. The fourth-order valence-electron chi connectivity index (χ4n) is 4.36. The largest absolute Gasteiger partial charge is 0.491 e. The average molecular weight is 493 g/mol. The Bertz CT molecular complexity index is 1080. The zero-order valence-corrected chi connectivity index (χ0v) is 20.0. The number of nitrogens with two attached hydrogens (primary N) is 1. The van der Waals surface area contributed by atoms with Gasteiger partial charge in [0.2, 0.25) is 16.0 Å².